The van der Waals surface area contributed by atoms with Crippen LogP contribution in [-0.4, -0.2) is 15.5 Å². The molecule has 0 aromatic carbocycles. The zero-order chi connectivity index (χ0) is 9.84. The van der Waals surface area contributed by atoms with Crippen molar-refractivity contribution in [3.8, 4) is 0 Å². The second-order valence-electron chi connectivity index (χ2n) is 2.25. The third-order valence-corrected chi connectivity index (χ3v) is 1.49. The van der Waals surface area contributed by atoms with Crippen molar-refractivity contribution in [3.05, 3.63) is 27.9 Å². The van der Waals surface area contributed by atoms with Crippen molar-refractivity contribution in [2.75, 3.05) is 0 Å². The first-order chi connectivity index (χ1) is 6.13. The lowest BCUT2D eigenvalue weighted by Crippen LogP contribution is -2.36. The Bertz CT molecular complexity index is 375. The molecule has 0 unspecified atom stereocenters. The van der Waals surface area contributed by atoms with Gasteiger partial charge in [0.1, 0.15) is 6.54 Å². The van der Waals surface area contributed by atoms with Gasteiger partial charge in [0.25, 0.3) is 5.91 Å². The van der Waals surface area contributed by atoms with Gasteiger partial charge in [0.15, 0.2) is 0 Å². The van der Waals surface area contributed by atoms with Crippen molar-refractivity contribution < 1.29 is 4.79 Å². The number of nitrogens with zero attached hydrogens (tertiary/aromatic N) is 2. The highest BCUT2D eigenvalue weighted by molar-refractivity contribution is 6.30. The number of hydrogen-bond donors (Lipinski definition) is 2. The number of amides is 1. The maximum Gasteiger partial charge on any atom is 0.348 e. The average Bonchev–Trinajstić information content (AvgIpc) is 2.11. The number of hydrogen-bond acceptors (Lipinski definition) is 4. The van der Waals surface area contributed by atoms with Gasteiger partial charge >= 0.3 is 5.69 Å². The highest BCUT2D eigenvalue weighted by Gasteiger charge is 2.03. The maximum atomic E-state index is 11.0. The normalized spacial score (nSPS) is 9.69. The molecule has 13 heavy (non-hydrogen) atoms. The van der Waals surface area contributed by atoms with Crippen LogP contribution in [0.1, 0.15) is 0 Å². The van der Waals surface area contributed by atoms with E-state index in [1.807, 2.05) is 5.43 Å². The Labute approximate surface area is 78.3 Å². The zero-order valence-corrected chi connectivity index (χ0v) is 7.28. The molecule has 0 aliphatic heterocycles. The van der Waals surface area contributed by atoms with Crippen LogP contribution in [0.25, 0.3) is 0 Å². The fraction of sp³-hybridized carbons (Fsp3) is 0.167. The summed E-state index contributed by atoms with van der Waals surface area (Å²) in [5.74, 6) is 4.35. The molecule has 0 aliphatic rings. The van der Waals surface area contributed by atoms with E-state index in [0.717, 1.165) is 4.57 Å². The van der Waals surface area contributed by atoms with Crippen LogP contribution in [0.4, 0.5) is 0 Å². The molecule has 0 fully saturated rings. The van der Waals surface area contributed by atoms with Gasteiger partial charge < -0.3 is 0 Å². The van der Waals surface area contributed by atoms with Gasteiger partial charge in [-0.15, -0.1) is 0 Å². The second kappa shape index (κ2) is 4.01. The summed E-state index contributed by atoms with van der Waals surface area (Å²) >= 11 is 5.56. The van der Waals surface area contributed by atoms with Crippen LogP contribution in [0.15, 0.2) is 17.2 Å². The smallest absolute Gasteiger partial charge is 0.293 e. The standard InChI is InChI=1S/C6H7ClN4O2/c7-4-1-9-6(13)11(2-4)3-5(12)10-8/h1-2H,3,8H2,(H,10,12). The van der Waals surface area contributed by atoms with E-state index in [4.69, 9.17) is 17.4 Å². The Morgan fingerprint density at radius 1 is 1.77 bits per heavy atom. The van der Waals surface area contributed by atoms with Crippen molar-refractivity contribution in [3.63, 3.8) is 0 Å². The van der Waals surface area contributed by atoms with Crippen molar-refractivity contribution in [1.29, 1.82) is 0 Å². The predicted molar refractivity (Wildman–Crippen MR) is 45.8 cm³/mol. The molecule has 1 rings (SSSR count). The summed E-state index contributed by atoms with van der Waals surface area (Å²) in [6, 6.07) is 0. The second-order valence-corrected chi connectivity index (χ2v) is 2.69. The van der Waals surface area contributed by atoms with Crippen molar-refractivity contribution in [2.45, 2.75) is 6.54 Å². The van der Waals surface area contributed by atoms with Gasteiger partial charge in [0, 0.05) is 6.20 Å². The molecule has 1 aromatic heterocycles. The van der Waals surface area contributed by atoms with Crippen LogP contribution in [0.3, 0.4) is 0 Å². The molecule has 0 radical (unpaired) electrons. The average molecular weight is 203 g/mol. The van der Waals surface area contributed by atoms with Crippen molar-refractivity contribution in [1.82, 2.24) is 15.0 Å². The minimum atomic E-state index is -0.548. The molecule has 70 valence electrons. The third-order valence-electron chi connectivity index (χ3n) is 1.30. The molecular weight excluding hydrogens is 196 g/mol. The Morgan fingerprint density at radius 3 is 3.08 bits per heavy atom. The Balaban J connectivity index is 2.94. The predicted octanol–water partition coefficient (Wildman–Crippen LogP) is -1.11. The molecule has 6 nitrogen and oxygen atoms in total. The lowest BCUT2D eigenvalue weighted by atomic mass is 10.5. The monoisotopic (exact) mass is 202 g/mol. The van der Waals surface area contributed by atoms with Crippen LogP contribution < -0.4 is 17.0 Å². The van der Waals surface area contributed by atoms with E-state index in [-0.39, 0.29) is 11.6 Å². The number of nitrogens with one attached hydrogen (secondary N) is 1. The van der Waals surface area contributed by atoms with Gasteiger partial charge in [-0.1, -0.05) is 11.6 Å². The van der Waals surface area contributed by atoms with Gasteiger partial charge in [0.2, 0.25) is 0 Å². The summed E-state index contributed by atoms with van der Waals surface area (Å²) in [6.45, 7) is -0.192. The summed E-state index contributed by atoms with van der Waals surface area (Å²) in [4.78, 5) is 25.2. The minimum absolute atomic E-state index is 0.192. The van der Waals surface area contributed by atoms with Gasteiger partial charge in [-0.05, 0) is 0 Å². The first-order valence-corrected chi connectivity index (χ1v) is 3.72. The molecule has 0 saturated heterocycles. The van der Waals surface area contributed by atoms with Crippen LogP contribution in [0, 0.1) is 0 Å². The van der Waals surface area contributed by atoms with Gasteiger partial charge in [0.05, 0.1) is 11.2 Å². The highest BCUT2D eigenvalue weighted by Crippen LogP contribution is 2.00. The number of carbonyl (C=O) groups is 1. The number of halogens is 1. The van der Waals surface area contributed by atoms with E-state index < -0.39 is 11.6 Å². The lowest BCUT2D eigenvalue weighted by Gasteiger charge is -2.02. The van der Waals surface area contributed by atoms with Crippen LogP contribution in [0.2, 0.25) is 5.02 Å². The zero-order valence-electron chi connectivity index (χ0n) is 6.53. The topological polar surface area (TPSA) is 90.0 Å². The summed E-state index contributed by atoms with van der Waals surface area (Å²) < 4.78 is 1.06. The van der Waals surface area contributed by atoms with E-state index in [2.05, 4.69) is 4.98 Å². The van der Waals surface area contributed by atoms with Crippen LogP contribution in [-0.2, 0) is 11.3 Å². The molecule has 1 heterocycles. The molecule has 7 heteroatoms. The number of carbonyl (C=O) groups excluding carboxylic acids is 1. The maximum absolute atomic E-state index is 11.0. The van der Waals surface area contributed by atoms with E-state index >= 15 is 0 Å². The van der Waals surface area contributed by atoms with E-state index in [0.29, 0.717) is 0 Å². The minimum Gasteiger partial charge on any atom is -0.293 e. The first-order valence-electron chi connectivity index (χ1n) is 3.35. The van der Waals surface area contributed by atoms with Crippen molar-refractivity contribution >= 4 is 17.5 Å². The fourth-order valence-electron chi connectivity index (χ4n) is 0.742. The highest BCUT2D eigenvalue weighted by atomic mass is 35.5. The SMILES string of the molecule is NNC(=O)Cn1cc(Cl)cnc1=O. The summed E-state index contributed by atoms with van der Waals surface area (Å²) in [6.07, 6.45) is 2.52. The van der Waals surface area contributed by atoms with E-state index in [1.54, 1.807) is 0 Å². The lowest BCUT2D eigenvalue weighted by molar-refractivity contribution is -0.121. The van der Waals surface area contributed by atoms with Crippen LogP contribution >= 0.6 is 11.6 Å². The summed E-state index contributed by atoms with van der Waals surface area (Å²) in [7, 11) is 0. The third kappa shape index (κ3) is 2.53. The molecule has 0 spiro atoms. The molecule has 1 aromatic rings. The Kier molecular flexibility index (Phi) is 2.99. The van der Waals surface area contributed by atoms with Gasteiger partial charge in [-0.25, -0.2) is 15.6 Å². The Morgan fingerprint density at radius 2 is 2.46 bits per heavy atom. The van der Waals surface area contributed by atoms with E-state index in [1.165, 1.54) is 12.4 Å². The quantitative estimate of drug-likeness (QED) is 0.361. The number of hydrazine groups is 1. The largest absolute Gasteiger partial charge is 0.348 e. The summed E-state index contributed by atoms with van der Waals surface area (Å²) in [5.41, 5.74) is 1.34. The number of aromatic nitrogens is 2. The number of rotatable bonds is 2. The van der Waals surface area contributed by atoms with Crippen LogP contribution in [0.5, 0.6) is 0 Å². The van der Waals surface area contributed by atoms with E-state index in [9.17, 15) is 9.59 Å². The molecule has 3 N–H and O–H groups in total. The number of nitrogens with two attached hydrogens (primary N) is 1. The van der Waals surface area contributed by atoms with Crippen molar-refractivity contribution in [2.24, 2.45) is 5.84 Å². The molecule has 1 amide bonds. The van der Waals surface area contributed by atoms with Gasteiger partial charge in [-0.3, -0.25) is 14.8 Å². The molecule has 0 bridgehead atoms. The first kappa shape index (κ1) is 9.69. The molecule has 0 atom stereocenters. The van der Waals surface area contributed by atoms with Gasteiger partial charge in [-0.2, -0.15) is 0 Å². The molecule has 0 aliphatic carbocycles. The molecular formula is C6H7ClN4O2. The summed E-state index contributed by atoms with van der Waals surface area (Å²) in [5, 5.41) is 0.282. The fourth-order valence-corrected chi connectivity index (χ4v) is 0.909. The molecule has 0 saturated carbocycles. The Hall–Kier alpha value is -1.40.